The molecule has 0 saturated heterocycles. The Morgan fingerprint density at radius 3 is 2.83 bits per heavy atom. The molecule has 0 unspecified atom stereocenters. The van der Waals surface area contributed by atoms with Crippen LogP contribution in [0.4, 0.5) is 4.39 Å². The molecule has 0 N–H and O–H groups in total. The minimum absolute atomic E-state index is 0.133. The molecule has 1 aliphatic rings. The number of nitrogens with zero attached hydrogens (tertiary/aromatic N) is 2. The molecule has 1 aliphatic carbocycles. The van der Waals surface area contributed by atoms with Crippen LogP contribution in [-0.4, -0.2) is 15.4 Å². The van der Waals surface area contributed by atoms with E-state index in [4.69, 9.17) is 11.6 Å². The van der Waals surface area contributed by atoms with Crippen molar-refractivity contribution in [1.82, 2.24) is 9.55 Å². The SMILES string of the molecule is CC1(n2c(CCCl)nc3cc(F)ccc32)CCC1. The molecule has 0 bridgehead atoms. The third kappa shape index (κ3) is 1.72. The van der Waals surface area contributed by atoms with Crippen LogP contribution >= 0.6 is 11.6 Å². The van der Waals surface area contributed by atoms with Gasteiger partial charge >= 0.3 is 0 Å². The van der Waals surface area contributed by atoms with E-state index in [1.54, 1.807) is 0 Å². The van der Waals surface area contributed by atoms with Gasteiger partial charge in [0.2, 0.25) is 0 Å². The quantitative estimate of drug-likeness (QED) is 0.772. The minimum Gasteiger partial charge on any atom is -0.322 e. The summed E-state index contributed by atoms with van der Waals surface area (Å²) >= 11 is 5.85. The molecule has 4 heteroatoms. The van der Waals surface area contributed by atoms with Crippen molar-refractivity contribution in [2.75, 3.05) is 5.88 Å². The van der Waals surface area contributed by atoms with Gasteiger partial charge < -0.3 is 4.57 Å². The van der Waals surface area contributed by atoms with E-state index in [1.165, 1.54) is 18.6 Å². The molecule has 1 aromatic heterocycles. The summed E-state index contributed by atoms with van der Waals surface area (Å²) in [6, 6.07) is 4.84. The van der Waals surface area contributed by atoms with Crippen molar-refractivity contribution >= 4 is 22.6 Å². The second kappa shape index (κ2) is 4.23. The van der Waals surface area contributed by atoms with Gasteiger partial charge in [0.15, 0.2) is 0 Å². The number of alkyl halides is 1. The smallest absolute Gasteiger partial charge is 0.125 e. The molecule has 2 nitrogen and oxygen atoms in total. The first-order chi connectivity index (χ1) is 8.64. The van der Waals surface area contributed by atoms with E-state index in [9.17, 15) is 4.39 Å². The van der Waals surface area contributed by atoms with Crippen LogP contribution in [0, 0.1) is 5.82 Å². The Morgan fingerprint density at radius 1 is 1.44 bits per heavy atom. The van der Waals surface area contributed by atoms with Crippen LogP contribution in [0.2, 0.25) is 0 Å². The van der Waals surface area contributed by atoms with Crippen molar-refractivity contribution in [1.29, 1.82) is 0 Å². The Hall–Kier alpha value is -1.09. The third-order valence-corrected chi connectivity index (χ3v) is 4.16. The zero-order valence-electron chi connectivity index (χ0n) is 10.4. The Balaban J connectivity index is 2.21. The highest BCUT2D eigenvalue weighted by Gasteiger charge is 2.36. The summed E-state index contributed by atoms with van der Waals surface area (Å²) in [5.74, 6) is 1.29. The second-order valence-corrected chi connectivity index (χ2v) is 5.66. The first kappa shape index (κ1) is 12.0. The molecular weight excluding hydrogens is 251 g/mol. The van der Waals surface area contributed by atoms with Gasteiger partial charge in [0.25, 0.3) is 0 Å². The number of halogens is 2. The van der Waals surface area contributed by atoms with E-state index in [-0.39, 0.29) is 11.4 Å². The predicted octanol–water partition coefficient (Wildman–Crippen LogP) is 3.86. The Labute approximate surface area is 111 Å². The normalized spacial score (nSPS) is 17.9. The van der Waals surface area contributed by atoms with Gasteiger partial charge in [-0.1, -0.05) is 0 Å². The van der Waals surface area contributed by atoms with Crippen LogP contribution in [0.3, 0.4) is 0 Å². The van der Waals surface area contributed by atoms with Crippen molar-refractivity contribution in [2.24, 2.45) is 0 Å². The number of fused-ring (bicyclic) bond motifs is 1. The first-order valence-corrected chi connectivity index (χ1v) is 6.91. The molecule has 1 heterocycles. The highest BCUT2D eigenvalue weighted by molar-refractivity contribution is 6.17. The molecule has 1 fully saturated rings. The lowest BCUT2D eigenvalue weighted by Crippen LogP contribution is -2.38. The van der Waals surface area contributed by atoms with Crippen molar-refractivity contribution in [3.05, 3.63) is 29.8 Å². The Kier molecular flexibility index (Phi) is 2.81. The van der Waals surface area contributed by atoms with Gasteiger partial charge in [-0.15, -0.1) is 11.6 Å². The molecule has 2 aromatic rings. The maximum Gasteiger partial charge on any atom is 0.125 e. The van der Waals surface area contributed by atoms with Crippen LogP contribution < -0.4 is 0 Å². The molecule has 0 atom stereocenters. The molecule has 0 aliphatic heterocycles. The van der Waals surface area contributed by atoms with Gasteiger partial charge in [-0.25, -0.2) is 9.37 Å². The summed E-state index contributed by atoms with van der Waals surface area (Å²) in [6.45, 7) is 2.25. The van der Waals surface area contributed by atoms with Crippen molar-refractivity contribution in [3.8, 4) is 0 Å². The summed E-state index contributed by atoms with van der Waals surface area (Å²) in [6.07, 6.45) is 4.29. The van der Waals surface area contributed by atoms with Gasteiger partial charge in [0.1, 0.15) is 11.6 Å². The first-order valence-electron chi connectivity index (χ1n) is 6.37. The van der Waals surface area contributed by atoms with Crippen LogP contribution in [0.25, 0.3) is 11.0 Å². The van der Waals surface area contributed by atoms with E-state index in [0.29, 0.717) is 5.88 Å². The monoisotopic (exact) mass is 266 g/mol. The average molecular weight is 267 g/mol. The fraction of sp³-hybridized carbons (Fsp3) is 0.500. The maximum atomic E-state index is 13.3. The molecule has 0 spiro atoms. The topological polar surface area (TPSA) is 17.8 Å². The molecule has 0 amide bonds. The number of aromatic nitrogens is 2. The van der Waals surface area contributed by atoms with E-state index in [1.807, 2.05) is 6.07 Å². The standard InChI is InChI=1S/C14H16ClFN2/c1-14(6-2-7-14)18-12-4-3-10(16)9-11(12)17-13(18)5-8-15/h3-4,9H,2,5-8H2,1H3. The molecular formula is C14H16ClFN2. The lowest BCUT2D eigenvalue weighted by atomic mass is 9.78. The molecule has 3 rings (SSSR count). The van der Waals surface area contributed by atoms with Crippen LogP contribution in [0.5, 0.6) is 0 Å². The molecule has 1 saturated carbocycles. The van der Waals surface area contributed by atoms with Crippen molar-refractivity contribution < 1.29 is 4.39 Å². The number of rotatable bonds is 3. The number of imidazole rings is 1. The predicted molar refractivity (Wildman–Crippen MR) is 71.6 cm³/mol. The van der Waals surface area contributed by atoms with Gasteiger partial charge in [0.05, 0.1) is 11.0 Å². The number of aryl methyl sites for hydroxylation is 1. The van der Waals surface area contributed by atoms with Gasteiger partial charge in [-0.2, -0.15) is 0 Å². The summed E-state index contributed by atoms with van der Waals surface area (Å²) in [4.78, 5) is 4.55. The lowest BCUT2D eigenvalue weighted by molar-refractivity contribution is 0.170. The van der Waals surface area contributed by atoms with Crippen LogP contribution in [0.1, 0.15) is 32.0 Å². The zero-order chi connectivity index (χ0) is 12.8. The molecule has 0 radical (unpaired) electrons. The number of benzene rings is 1. The van der Waals surface area contributed by atoms with E-state index in [0.717, 1.165) is 36.1 Å². The molecule has 96 valence electrons. The lowest BCUT2D eigenvalue weighted by Gasteiger charge is -2.41. The summed E-state index contributed by atoms with van der Waals surface area (Å²) in [5.41, 5.74) is 1.90. The summed E-state index contributed by atoms with van der Waals surface area (Å²) in [5, 5.41) is 0. The van der Waals surface area contributed by atoms with Gasteiger partial charge in [-0.05, 0) is 38.3 Å². The fourth-order valence-corrected chi connectivity index (χ4v) is 3.04. The van der Waals surface area contributed by atoms with E-state index < -0.39 is 0 Å². The largest absolute Gasteiger partial charge is 0.322 e. The Bertz CT molecular complexity index is 587. The minimum atomic E-state index is -0.233. The van der Waals surface area contributed by atoms with Gasteiger partial charge in [0, 0.05) is 23.9 Å². The Morgan fingerprint density at radius 2 is 2.22 bits per heavy atom. The van der Waals surface area contributed by atoms with Crippen LogP contribution in [-0.2, 0) is 12.0 Å². The average Bonchev–Trinajstić information content (AvgIpc) is 2.64. The number of hydrogen-bond donors (Lipinski definition) is 0. The zero-order valence-corrected chi connectivity index (χ0v) is 11.2. The van der Waals surface area contributed by atoms with E-state index in [2.05, 4.69) is 16.5 Å². The molecule has 18 heavy (non-hydrogen) atoms. The highest BCUT2D eigenvalue weighted by Crippen LogP contribution is 2.41. The highest BCUT2D eigenvalue weighted by atomic mass is 35.5. The van der Waals surface area contributed by atoms with Gasteiger partial charge in [-0.3, -0.25) is 0 Å². The van der Waals surface area contributed by atoms with Crippen LogP contribution in [0.15, 0.2) is 18.2 Å². The number of hydrogen-bond acceptors (Lipinski definition) is 1. The van der Waals surface area contributed by atoms with Crippen molar-refractivity contribution in [3.63, 3.8) is 0 Å². The maximum absolute atomic E-state index is 13.3. The van der Waals surface area contributed by atoms with E-state index >= 15 is 0 Å². The van der Waals surface area contributed by atoms with Crippen molar-refractivity contribution in [2.45, 2.75) is 38.1 Å². The summed E-state index contributed by atoms with van der Waals surface area (Å²) in [7, 11) is 0. The second-order valence-electron chi connectivity index (χ2n) is 5.29. The fourth-order valence-electron chi connectivity index (χ4n) is 2.87. The third-order valence-electron chi connectivity index (χ3n) is 3.97. The molecule has 1 aromatic carbocycles. The summed E-state index contributed by atoms with van der Waals surface area (Å²) < 4.78 is 15.6.